The lowest BCUT2D eigenvalue weighted by atomic mass is 10.1. The fourth-order valence-corrected chi connectivity index (χ4v) is 2.21. The van der Waals surface area contributed by atoms with E-state index in [0.29, 0.717) is 6.54 Å². The molecule has 110 valence electrons. The highest BCUT2D eigenvalue weighted by molar-refractivity contribution is 5.94. The third kappa shape index (κ3) is 3.51. The average Bonchev–Trinajstić information content (AvgIpc) is 2.44. The smallest absolute Gasteiger partial charge is 0.337 e. The molecule has 0 saturated heterocycles. The van der Waals surface area contributed by atoms with Crippen molar-refractivity contribution in [2.75, 3.05) is 17.2 Å². The van der Waals surface area contributed by atoms with Crippen molar-refractivity contribution in [2.24, 2.45) is 0 Å². The van der Waals surface area contributed by atoms with Gasteiger partial charge in [-0.25, -0.2) is 4.79 Å². The Labute approximate surface area is 124 Å². The lowest BCUT2D eigenvalue weighted by Gasteiger charge is -2.23. The monoisotopic (exact) mass is 285 g/mol. The second-order valence-corrected chi connectivity index (χ2v) is 4.86. The van der Waals surface area contributed by atoms with E-state index in [1.165, 1.54) is 0 Å². The second kappa shape index (κ2) is 6.26. The van der Waals surface area contributed by atoms with E-state index in [1.54, 1.807) is 18.2 Å². The maximum absolute atomic E-state index is 11.0. The molecule has 5 nitrogen and oxygen atoms in total. The van der Waals surface area contributed by atoms with E-state index in [9.17, 15) is 4.79 Å². The van der Waals surface area contributed by atoms with Gasteiger partial charge < -0.3 is 15.7 Å². The van der Waals surface area contributed by atoms with E-state index in [0.717, 1.165) is 23.6 Å². The second-order valence-electron chi connectivity index (χ2n) is 4.86. The summed E-state index contributed by atoms with van der Waals surface area (Å²) < 4.78 is 0. The Balaban J connectivity index is 2.25. The SMILES string of the molecule is CCN(Cc1cccc(C)n1)c1ccc(C(=O)O)c(N)c1. The van der Waals surface area contributed by atoms with Crippen molar-refractivity contribution in [1.29, 1.82) is 0 Å². The van der Waals surface area contributed by atoms with Crippen LogP contribution in [0.3, 0.4) is 0 Å². The number of benzene rings is 1. The molecule has 0 aliphatic rings. The minimum absolute atomic E-state index is 0.128. The van der Waals surface area contributed by atoms with Crippen LogP contribution in [0.15, 0.2) is 36.4 Å². The Morgan fingerprint density at radius 2 is 2.10 bits per heavy atom. The quantitative estimate of drug-likeness (QED) is 0.826. The Morgan fingerprint density at radius 1 is 1.33 bits per heavy atom. The van der Waals surface area contributed by atoms with Gasteiger partial charge in [-0.1, -0.05) is 6.07 Å². The number of nitrogens with two attached hydrogens (primary N) is 1. The third-order valence-electron chi connectivity index (χ3n) is 3.31. The number of carboxylic acids is 1. The molecule has 0 atom stereocenters. The summed E-state index contributed by atoms with van der Waals surface area (Å²) in [4.78, 5) is 17.6. The van der Waals surface area contributed by atoms with Gasteiger partial charge in [0.15, 0.2) is 0 Å². The molecule has 1 heterocycles. The number of aromatic nitrogens is 1. The zero-order valence-corrected chi connectivity index (χ0v) is 12.2. The number of aromatic carboxylic acids is 1. The molecular formula is C16H19N3O2. The van der Waals surface area contributed by atoms with Gasteiger partial charge in [0.2, 0.25) is 0 Å². The van der Waals surface area contributed by atoms with Crippen LogP contribution in [0, 0.1) is 6.92 Å². The summed E-state index contributed by atoms with van der Waals surface area (Å²) in [5, 5.41) is 9.01. The number of aryl methyl sites for hydroxylation is 1. The van der Waals surface area contributed by atoms with Crippen molar-refractivity contribution < 1.29 is 9.90 Å². The van der Waals surface area contributed by atoms with Gasteiger partial charge in [-0.05, 0) is 44.2 Å². The van der Waals surface area contributed by atoms with E-state index < -0.39 is 5.97 Å². The van der Waals surface area contributed by atoms with Crippen molar-refractivity contribution in [3.05, 3.63) is 53.3 Å². The van der Waals surface area contributed by atoms with E-state index in [2.05, 4.69) is 9.88 Å². The van der Waals surface area contributed by atoms with Gasteiger partial charge in [-0.3, -0.25) is 4.98 Å². The normalized spacial score (nSPS) is 10.4. The van der Waals surface area contributed by atoms with E-state index in [-0.39, 0.29) is 11.3 Å². The van der Waals surface area contributed by atoms with E-state index in [1.807, 2.05) is 32.0 Å². The lowest BCUT2D eigenvalue weighted by molar-refractivity contribution is 0.0698. The molecule has 0 aliphatic carbocycles. The molecular weight excluding hydrogens is 266 g/mol. The van der Waals surface area contributed by atoms with E-state index in [4.69, 9.17) is 10.8 Å². The summed E-state index contributed by atoms with van der Waals surface area (Å²) in [6.45, 7) is 5.43. The Kier molecular flexibility index (Phi) is 4.42. The first-order chi connectivity index (χ1) is 10.0. The molecule has 5 heteroatoms. The number of hydrogen-bond acceptors (Lipinski definition) is 4. The molecule has 1 aromatic heterocycles. The first-order valence-corrected chi connectivity index (χ1v) is 6.81. The molecule has 0 aliphatic heterocycles. The molecule has 1 aromatic carbocycles. The number of pyridine rings is 1. The van der Waals surface area contributed by atoms with Crippen LogP contribution in [0.5, 0.6) is 0 Å². The number of carbonyl (C=O) groups is 1. The fourth-order valence-electron chi connectivity index (χ4n) is 2.21. The highest BCUT2D eigenvalue weighted by Gasteiger charge is 2.12. The Hall–Kier alpha value is -2.56. The minimum Gasteiger partial charge on any atom is -0.478 e. The summed E-state index contributed by atoms with van der Waals surface area (Å²) in [6.07, 6.45) is 0. The van der Waals surface area contributed by atoms with Crippen LogP contribution in [0.2, 0.25) is 0 Å². The summed E-state index contributed by atoms with van der Waals surface area (Å²) in [7, 11) is 0. The van der Waals surface area contributed by atoms with Crippen molar-refractivity contribution in [2.45, 2.75) is 20.4 Å². The molecule has 0 amide bonds. The topological polar surface area (TPSA) is 79.5 Å². The van der Waals surface area contributed by atoms with Gasteiger partial charge in [0, 0.05) is 23.6 Å². The highest BCUT2D eigenvalue weighted by Crippen LogP contribution is 2.23. The first kappa shape index (κ1) is 14.8. The Bertz CT molecular complexity index is 656. The predicted octanol–water partition coefficient (Wildman–Crippen LogP) is 2.70. The molecule has 21 heavy (non-hydrogen) atoms. The minimum atomic E-state index is -1.01. The third-order valence-corrected chi connectivity index (χ3v) is 3.31. The number of rotatable bonds is 5. The molecule has 0 spiro atoms. The van der Waals surface area contributed by atoms with Crippen molar-refractivity contribution in [3.63, 3.8) is 0 Å². The van der Waals surface area contributed by atoms with Gasteiger partial charge >= 0.3 is 5.97 Å². The molecule has 0 radical (unpaired) electrons. The zero-order chi connectivity index (χ0) is 15.4. The van der Waals surface area contributed by atoms with Gasteiger partial charge in [0.25, 0.3) is 0 Å². The number of hydrogen-bond donors (Lipinski definition) is 2. The van der Waals surface area contributed by atoms with Crippen LogP contribution in [0.4, 0.5) is 11.4 Å². The number of nitrogens with zero attached hydrogens (tertiary/aromatic N) is 2. The standard InChI is InChI=1S/C16H19N3O2/c1-3-19(10-12-6-4-5-11(2)18-12)13-7-8-14(16(20)21)15(17)9-13/h4-9H,3,10,17H2,1-2H3,(H,20,21). The van der Waals surface area contributed by atoms with Crippen LogP contribution in [-0.2, 0) is 6.54 Å². The summed E-state index contributed by atoms with van der Waals surface area (Å²) in [5.41, 5.74) is 9.05. The van der Waals surface area contributed by atoms with Crippen molar-refractivity contribution in [1.82, 2.24) is 4.98 Å². The molecule has 0 saturated carbocycles. The number of carboxylic acid groups (broad SMARTS) is 1. The largest absolute Gasteiger partial charge is 0.478 e. The molecule has 0 unspecified atom stereocenters. The van der Waals surface area contributed by atoms with Crippen LogP contribution in [-0.4, -0.2) is 22.6 Å². The van der Waals surface area contributed by atoms with Crippen LogP contribution in [0.1, 0.15) is 28.7 Å². The number of nitrogen functional groups attached to an aromatic ring is 1. The highest BCUT2D eigenvalue weighted by atomic mass is 16.4. The van der Waals surface area contributed by atoms with Crippen LogP contribution < -0.4 is 10.6 Å². The van der Waals surface area contributed by atoms with Crippen LogP contribution >= 0.6 is 0 Å². The van der Waals surface area contributed by atoms with Gasteiger partial charge in [0.05, 0.1) is 17.8 Å². The molecule has 2 rings (SSSR count). The van der Waals surface area contributed by atoms with Gasteiger partial charge in [-0.2, -0.15) is 0 Å². The molecule has 0 fully saturated rings. The molecule has 0 bridgehead atoms. The van der Waals surface area contributed by atoms with Gasteiger partial charge in [-0.15, -0.1) is 0 Å². The molecule has 2 aromatic rings. The summed E-state index contributed by atoms with van der Waals surface area (Å²) >= 11 is 0. The van der Waals surface area contributed by atoms with Crippen molar-refractivity contribution in [3.8, 4) is 0 Å². The maximum Gasteiger partial charge on any atom is 0.337 e. The Morgan fingerprint density at radius 3 is 2.67 bits per heavy atom. The van der Waals surface area contributed by atoms with Crippen LogP contribution in [0.25, 0.3) is 0 Å². The summed E-state index contributed by atoms with van der Waals surface area (Å²) in [6, 6.07) is 10.9. The summed E-state index contributed by atoms with van der Waals surface area (Å²) in [5.74, 6) is -1.01. The predicted molar refractivity (Wildman–Crippen MR) is 83.5 cm³/mol. The lowest BCUT2D eigenvalue weighted by Crippen LogP contribution is -2.23. The van der Waals surface area contributed by atoms with Crippen molar-refractivity contribution >= 4 is 17.3 Å². The first-order valence-electron chi connectivity index (χ1n) is 6.81. The maximum atomic E-state index is 11.0. The zero-order valence-electron chi connectivity index (χ0n) is 12.2. The van der Waals surface area contributed by atoms with E-state index >= 15 is 0 Å². The molecule has 3 N–H and O–H groups in total. The van der Waals surface area contributed by atoms with Gasteiger partial charge in [0.1, 0.15) is 0 Å². The number of anilines is 2. The average molecular weight is 285 g/mol. The fraction of sp³-hybridized carbons (Fsp3) is 0.250.